The number of nitrogens with zero attached hydrogens (tertiary/aromatic N) is 6. The van der Waals surface area contributed by atoms with Crippen molar-refractivity contribution in [1.82, 2.24) is 29.1 Å². The summed E-state index contributed by atoms with van der Waals surface area (Å²) in [6.07, 6.45) is 2.95. The average molecular weight is 381 g/mol. The van der Waals surface area contributed by atoms with Gasteiger partial charge < -0.3 is 13.8 Å². The predicted octanol–water partition coefficient (Wildman–Crippen LogP) is 3.48. The fourth-order valence-electron chi connectivity index (χ4n) is 4.94. The van der Waals surface area contributed by atoms with Crippen LogP contribution in [0.15, 0.2) is 0 Å². The third kappa shape index (κ3) is 3.01. The first kappa shape index (κ1) is 20.4. The van der Waals surface area contributed by atoms with E-state index in [1.165, 1.54) is 33.8 Å². The summed E-state index contributed by atoms with van der Waals surface area (Å²) in [6.45, 7) is 19.4. The zero-order valence-corrected chi connectivity index (χ0v) is 19.0. The van der Waals surface area contributed by atoms with Gasteiger partial charge in [0.2, 0.25) is 0 Å². The van der Waals surface area contributed by atoms with Gasteiger partial charge in [-0.15, -0.1) is 0 Å². The molecule has 3 aromatic heterocycles. The lowest BCUT2D eigenvalue weighted by Crippen LogP contribution is -2.46. The maximum Gasteiger partial charge on any atom is 0.326 e. The topological polar surface area (TPSA) is 53.5 Å². The summed E-state index contributed by atoms with van der Waals surface area (Å²) in [5.74, 6) is 0. The maximum atomic E-state index is 4.98. The van der Waals surface area contributed by atoms with Crippen LogP contribution in [0.3, 0.4) is 0 Å². The Balaban J connectivity index is 2.33. The largest absolute Gasteiger partial charge is 0.400 e. The summed E-state index contributed by atoms with van der Waals surface area (Å²) in [7, 11) is -1.34. The van der Waals surface area contributed by atoms with Crippen LogP contribution in [-0.2, 0) is 19.3 Å². The molecule has 0 radical (unpaired) electrons. The second-order valence-electron chi connectivity index (χ2n) is 7.93. The van der Waals surface area contributed by atoms with Crippen molar-refractivity contribution in [2.75, 3.05) is 0 Å². The number of aromatic nitrogens is 6. The Bertz CT molecular complexity index is 878. The van der Waals surface area contributed by atoms with E-state index >= 15 is 0 Å². The summed E-state index contributed by atoms with van der Waals surface area (Å²) >= 11 is 0. The highest BCUT2D eigenvalue weighted by atomic mass is 15.5. The first-order valence-corrected chi connectivity index (χ1v) is 10.6. The van der Waals surface area contributed by atoms with Gasteiger partial charge >= 0.3 is 7.12 Å². The van der Waals surface area contributed by atoms with Crippen molar-refractivity contribution in [3.05, 3.63) is 50.9 Å². The molecule has 28 heavy (non-hydrogen) atoms. The zero-order valence-electron chi connectivity index (χ0n) is 19.0. The number of hydrogen-bond acceptors (Lipinski definition) is 3. The van der Waals surface area contributed by atoms with Crippen LogP contribution in [0.1, 0.15) is 71.6 Å². The molecule has 152 valence electrons. The molecule has 0 N–H and O–H groups in total. The molecule has 3 rings (SSSR count). The standard InChI is InChI=1S/C21H34BN6/c1-10-19-13(4)23-26(16(19)7)22(27-17(8)20(11-2)14(5)24-27)28-18(9)21(12-3)15(6)25-28/h22H,10-12H2,1-9H3/q-1. The van der Waals surface area contributed by atoms with Gasteiger partial charge in [0, 0.05) is 0 Å². The monoisotopic (exact) mass is 381 g/mol. The van der Waals surface area contributed by atoms with Crippen LogP contribution in [0.2, 0.25) is 0 Å². The van der Waals surface area contributed by atoms with Crippen molar-refractivity contribution in [3.63, 3.8) is 0 Å². The molecule has 0 saturated heterocycles. The molecule has 0 bridgehead atoms. The highest BCUT2D eigenvalue weighted by Crippen LogP contribution is 2.21. The molecule has 7 heteroatoms. The van der Waals surface area contributed by atoms with Crippen LogP contribution in [0.4, 0.5) is 0 Å². The Kier molecular flexibility index (Phi) is 5.55. The van der Waals surface area contributed by atoms with E-state index in [0.717, 1.165) is 36.3 Å². The maximum absolute atomic E-state index is 4.98. The molecule has 0 unspecified atom stereocenters. The minimum atomic E-state index is -1.34. The highest BCUT2D eigenvalue weighted by Gasteiger charge is 2.24. The van der Waals surface area contributed by atoms with Gasteiger partial charge in [-0.05, 0) is 94.6 Å². The summed E-state index contributed by atoms with van der Waals surface area (Å²) < 4.78 is 6.56. The van der Waals surface area contributed by atoms with E-state index in [1.54, 1.807) is 0 Å². The first-order chi connectivity index (χ1) is 13.3. The molecule has 0 aliphatic rings. The Morgan fingerprint density at radius 3 is 0.964 bits per heavy atom. The lowest BCUT2D eigenvalue weighted by molar-refractivity contribution is 0.729. The lowest BCUT2D eigenvalue weighted by atomic mass is 9.91. The van der Waals surface area contributed by atoms with Crippen molar-refractivity contribution in [2.24, 2.45) is 0 Å². The fourth-order valence-corrected chi connectivity index (χ4v) is 4.94. The molecule has 0 amide bonds. The van der Waals surface area contributed by atoms with E-state index in [4.69, 9.17) is 15.3 Å². The summed E-state index contributed by atoms with van der Waals surface area (Å²) in [5, 5.41) is 14.9. The molecule has 6 nitrogen and oxygen atoms in total. The van der Waals surface area contributed by atoms with Crippen LogP contribution < -0.4 is 0 Å². The van der Waals surface area contributed by atoms with Crippen molar-refractivity contribution in [2.45, 2.75) is 81.6 Å². The quantitative estimate of drug-likeness (QED) is 0.615. The van der Waals surface area contributed by atoms with Crippen molar-refractivity contribution in [1.29, 1.82) is 0 Å². The van der Waals surface area contributed by atoms with Gasteiger partial charge in [0.1, 0.15) is 0 Å². The normalized spacial score (nSPS) is 11.8. The molecular formula is C21H34BN6-. The van der Waals surface area contributed by atoms with Gasteiger partial charge in [-0.25, -0.2) is 15.3 Å². The molecule has 0 saturated carbocycles. The van der Waals surface area contributed by atoms with E-state index in [1.807, 2.05) is 0 Å². The van der Waals surface area contributed by atoms with Crippen LogP contribution in [0, 0.1) is 41.5 Å². The van der Waals surface area contributed by atoms with Gasteiger partial charge in [-0.3, -0.25) is 0 Å². The minimum Gasteiger partial charge on any atom is -0.400 e. The van der Waals surface area contributed by atoms with Crippen molar-refractivity contribution < 1.29 is 0 Å². The number of hydrogen-bond donors (Lipinski definition) is 0. The third-order valence-corrected chi connectivity index (χ3v) is 6.46. The second kappa shape index (κ2) is 7.61. The van der Waals surface area contributed by atoms with E-state index in [0.29, 0.717) is 0 Å². The molecule has 0 spiro atoms. The average Bonchev–Trinajstić information content (AvgIpc) is 3.20. The third-order valence-electron chi connectivity index (χ3n) is 6.46. The predicted molar refractivity (Wildman–Crippen MR) is 117 cm³/mol. The number of rotatable bonds is 6. The van der Waals surface area contributed by atoms with Crippen molar-refractivity contribution in [3.8, 4) is 0 Å². The van der Waals surface area contributed by atoms with Crippen LogP contribution in [-0.4, -0.2) is 36.2 Å². The first-order valence-electron chi connectivity index (χ1n) is 10.6. The Morgan fingerprint density at radius 2 is 0.786 bits per heavy atom. The Morgan fingerprint density at radius 1 is 0.536 bits per heavy atom. The Hall–Kier alpha value is -2.31. The van der Waals surface area contributed by atoms with Crippen molar-refractivity contribution >= 4 is 7.12 Å². The van der Waals surface area contributed by atoms with Gasteiger partial charge in [0.15, 0.2) is 0 Å². The minimum absolute atomic E-state index is 0.985. The van der Waals surface area contributed by atoms with Gasteiger partial charge in [-0.1, -0.05) is 20.8 Å². The van der Waals surface area contributed by atoms with Crippen LogP contribution in [0.5, 0.6) is 0 Å². The van der Waals surface area contributed by atoms with Crippen LogP contribution >= 0.6 is 0 Å². The molecule has 0 atom stereocenters. The van der Waals surface area contributed by atoms with Gasteiger partial charge in [-0.2, -0.15) is 0 Å². The van der Waals surface area contributed by atoms with E-state index in [-0.39, 0.29) is 0 Å². The summed E-state index contributed by atoms with van der Waals surface area (Å²) in [4.78, 5) is 0. The zero-order chi connectivity index (χ0) is 20.7. The SMILES string of the molecule is CCc1c(C)nn([BH-](n2nc(C)c(CC)c2C)n2nc(C)c(CC)c2C)c1C. The summed E-state index contributed by atoms with van der Waals surface area (Å²) in [6, 6.07) is 0. The Labute approximate surface area is 169 Å². The summed E-state index contributed by atoms with van der Waals surface area (Å²) in [5.41, 5.74) is 10.9. The van der Waals surface area contributed by atoms with E-state index in [2.05, 4.69) is 76.1 Å². The molecule has 0 aliphatic heterocycles. The molecule has 3 heterocycles. The molecule has 0 aliphatic carbocycles. The lowest BCUT2D eigenvalue weighted by Gasteiger charge is -2.31. The van der Waals surface area contributed by atoms with Gasteiger partial charge in [0.25, 0.3) is 0 Å². The number of aryl methyl sites for hydroxylation is 3. The highest BCUT2D eigenvalue weighted by molar-refractivity contribution is 6.53. The van der Waals surface area contributed by atoms with E-state index in [9.17, 15) is 0 Å². The van der Waals surface area contributed by atoms with Gasteiger partial charge in [0.05, 0.1) is 17.1 Å². The fraction of sp³-hybridized carbons (Fsp3) is 0.571. The van der Waals surface area contributed by atoms with Crippen LogP contribution in [0.25, 0.3) is 0 Å². The molecular weight excluding hydrogens is 347 g/mol. The molecule has 0 aromatic carbocycles. The van der Waals surface area contributed by atoms with E-state index < -0.39 is 7.12 Å². The second-order valence-corrected chi connectivity index (χ2v) is 7.93. The smallest absolute Gasteiger partial charge is 0.326 e. The molecule has 3 aromatic rings. The molecule has 0 fully saturated rings.